The number of carbonyl (C=O) groups is 1. The van der Waals surface area contributed by atoms with Crippen molar-refractivity contribution in [1.29, 1.82) is 0 Å². The summed E-state index contributed by atoms with van der Waals surface area (Å²) in [5, 5.41) is 16.0. The molecule has 0 bridgehead atoms. The molecule has 7 nitrogen and oxygen atoms in total. The van der Waals surface area contributed by atoms with Crippen LogP contribution in [0.1, 0.15) is 11.1 Å². The molecule has 2 aromatic heterocycles. The van der Waals surface area contributed by atoms with Gasteiger partial charge in [-0.05, 0) is 25.1 Å². The number of rotatable bonds is 6. The van der Waals surface area contributed by atoms with Crippen LogP contribution in [0.3, 0.4) is 0 Å². The highest BCUT2D eigenvalue weighted by molar-refractivity contribution is 7.99. The van der Waals surface area contributed by atoms with Crippen LogP contribution in [0.4, 0.5) is 18.9 Å². The van der Waals surface area contributed by atoms with Crippen LogP contribution in [0.5, 0.6) is 0 Å². The van der Waals surface area contributed by atoms with E-state index in [2.05, 4.69) is 20.6 Å². The fourth-order valence-corrected chi connectivity index (χ4v) is 4.06. The van der Waals surface area contributed by atoms with Crippen molar-refractivity contribution in [3.8, 4) is 22.6 Å². The SMILES string of the molecule is Cc1ccc(-c2nn(C)cc2-c2nnc(SCC(=O)Nc3cccc(C(F)(F)F)c3)n2C)cc1. The van der Waals surface area contributed by atoms with Gasteiger partial charge >= 0.3 is 6.18 Å². The van der Waals surface area contributed by atoms with E-state index in [9.17, 15) is 18.0 Å². The average Bonchev–Trinajstić information content (AvgIpc) is 3.34. The minimum absolute atomic E-state index is 0.0416. The van der Waals surface area contributed by atoms with Crippen molar-refractivity contribution in [2.45, 2.75) is 18.3 Å². The van der Waals surface area contributed by atoms with Crippen molar-refractivity contribution in [2.75, 3.05) is 11.1 Å². The largest absolute Gasteiger partial charge is 0.416 e. The summed E-state index contributed by atoms with van der Waals surface area (Å²) in [5.41, 5.74) is 2.90. The molecule has 0 aliphatic heterocycles. The molecule has 0 aliphatic carbocycles. The number of halogens is 3. The second kappa shape index (κ2) is 9.34. The van der Waals surface area contributed by atoms with Crippen molar-refractivity contribution in [1.82, 2.24) is 24.5 Å². The Labute approximate surface area is 198 Å². The average molecular weight is 487 g/mol. The standard InChI is InChI=1S/C23H21F3N6OS/c1-14-7-9-15(10-8-14)20-18(12-31(2)30-20)21-28-29-22(32(21)3)34-13-19(33)27-17-6-4-5-16(11-17)23(24,25)26/h4-12H,13H2,1-3H3,(H,27,33). The van der Waals surface area contributed by atoms with Gasteiger partial charge in [-0.2, -0.15) is 18.3 Å². The molecular weight excluding hydrogens is 465 g/mol. The van der Waals surface area contributed by atoms with Gasteiger partial charge in [0.1, 0.15) is 5.69 Å². The third-order valence-corrected chi connectivity index (χ3v) is 6.06. The van der Waals surface area contributed by atoms with Crippen LogP contribution in [-0.2, 0) is 25.1 Å². The van der Waals surface area contributed by atoms with Crippen LogP contribution < -0.4 is 5.32 Å². The Bertz CT molecular complexity index is 1330. The second-order valence-electron chi connectivity index (χ2n) is 7.71. The fourth-order valence-electron chi connectivity index (χ4n) is 3.35. The lowest BCUT2D eigenvalue weighted by atomic mass is 10.1. The molecule has 0 saturated carbocycles. The highest BCUT2D eigenvalue weighted by Gasteiger charge is 2.30. The van der Waals surface area contributed by atoms with Crippen molar-refractivity contribution in [3.63, 3.8) is 0 Å². The molecule has 4 rings (SSSR count). The van der Waals surface area contributed by atoms with Gasteiger partial charge < -0.3 is 9.88 Å². The number of nitrogens with zero attached hydrogens (tertiary/aromatic N) is 5. The van der Waals surface area contributed by atoms with E-state index in [0.29, 0.717) is 11.0 Å². The molecule has 2 aromatic carbocycles. The molecule has 0 radical (unpaired) electrons. The van der Waals surface area contributed by atoms with Gasteiger partial charge in [0.05, 0.1) is 16.9 Å². The molecule has 0 atom stereocenters. The Morgan fingerprint density at radius 2 is 1.82 bits per heavy atom. The van der Waals surface area contributed by atoms with E-state index in [4.69, 9.17) is 0 Å². The lowest BCUT2D eigenvalue weighted by Crippen LogP contribution is -2.15. The van der Waals surface area contributed by atoms with Crippen molar-refractivity contribution >= 4 is 23.4 Å². The van der Waals surface area contributed by atoms with Crippen LogP contribution >= 0.6 is 11.8 Å². The number of anilines is 1. The van der Waals surface area contributed by atoms with Gasteiger partial charge in [-0.25, -0.2) is 0 Å². The summed E-state index contributed by atoms with van der Waals surface area (Å²) in [6.45, 7) is 2.01. The first-order chi connectivity index (χ1) is 16.1. The van der Waals surface area contributed by atoms with E-state index in [1.54, 1.807) is 16.3 Å². The van der Waals surface area contributed by atoms with Crippen LogP contribution in [0.25, 0.3) is 22.6 Å². The summed E-state index contributed by atoms with van der Waals surface area (Å²) in [6.07, 6.45) is -2.62. The van der Waals surface area contributed by atoms with Crippen LogP contribution in [0.2, 0.25) is 0 Å². The Kier molecular flexibility index (Phi) is 6.47. The molecule has 1 amide bonds. The van der Waals surface area contributed by atoms with Crippen LogP contribution in [0.15, 0.2) is 59.9 Å². The molecule has 11 heteroatoms. The molecule has 4 aromatic rings. The van der Waals surface area contributed by atoms with Gasteiger partial charge in [-0.3, -0.25) is 9.48 Å². The molecular formula is C23H21F3N6OS. The number of thioether (sulfide) groups is 1. The highest BCUT2D eigenvalue weighted by Crippen LogP contribution is 2.32. The summed E-state index contributed by atoms with van der Waals surface area (Å²) in [5.74, 6) is 0.0974. The van der Waals surface area contributed by atoms with Gasteiger partial charge in [0.25, 0.3) is 0 Å². The summed E-state index contributed by atoms with van der Waals surface area (Å²) >= 11 is 1.14. The predicted molar refractivity (Wildman–Crippen MR) is 124 cm³/mol. The fraction of sp³-hybridized carbons (Fsp3) is 0.217. The summed E-state index contributed by atoms with van der Waals surface area (Å²) < 4.78 is 42.1. The third kappa shape index (κ3) is 5.14. The number of nitrogens with one attached hydrogen (secondary N) is 1. The number of benzene rings is 2. The van der Waals surface area contributed by atoms with Crippen LogP contribution in [0, 0.1) is 6.92 Å². The number of alkyl halides is 3. The third-order valence-electron chi connectivity index (χ3n) is 5.04. The number of carbonyl (C=O) groups excluding carboxylic acids is 1. The number of aryl methyl sites for hydroxylation is 2. The zero-order valence-electron chi connectivity index (χ0n) is 18.6. The zero-order chi connectivity index (χ0) is 24.5. The summed E-state index contributed by atoms with van der Waals surface area (Å²) in [7, 11) is 3.61. The normalized spacial score (nSPS) is 11.6. The second-order valence-corrected chi connectivity index (χ2v) is 8.65. The molecule has 0 saturated heterocycles. The molecule has 1 N–H and O–H groups in total. The molecule has 0 spiro atoms. The van der Waals surface area contributed by atoms with Gasteiger partial charge in [0.2, 0.25) is 5.91 Å². The molecule has 0 aliphatic rings. The number of hydrogen-bond donors (Lipinski definition) is 1. The van der Waals surface area contributed by atoms with Crippen molar-refractivity contribution in [2.24, 2.45) is 14.1 Å². The maximum Gasteiger partial charge on any atom is 0.416 e. The number of hydrogen-bond acceptors (Lipinski definition) is 5. The van der Waals surface area contributed by atoms with Crippen molar-refractivity contribution < 1.29 is 18.0 Å². The Hall–Kier alpha value is -3.60. The first-order valence-electron chi connectivity index (χ1n) is 10.2. The summed E-state index contributed by atoms with van der Waals surface area (Å²) in [4.78, 5) is 12.3. The van der Waals surface area contributed by atoms with Gasteiger partial charge in [0, 0.05) is 31.5 Å². The first-order valence-corrected chi connectivity index (χ1v) is 11.2. The van der Waals surface area contributed by atoms with E-state index in [-0.39, 0.29) is 11.4 Å². The maximum absolute atomic E-state index is 12.9. The van der Waals surface area contributed by atoms with E-state index < -0.39 is 17.6 Å². The number of aromatic nitrogens is 5. The van der Waals surface area contributed by atoms with Crippen LogP contribution in [-0.4, -0.2) is 36.2 Å². The van der Waals surface area contributed by atoms with Crippen molar-refractivity contribution in [3.05, 3.63) is 65.9 Å². The Balaban J connectivity index is 1.48. The molecule has 0 fully saturated rings. The van der Waals surface area contributed by atoms with E-state index >= 15 is 0 Å². The smallest absolute Gasteiger partial charge is 0.325 e. The topological polar surface area (TPSA) is 77.6 Å². The Morgan fingerprint density at radius 3 is 2.53 bits per heavy atom. The molecule has 176 valence electrons. The van der Waals surface area contributed by atoms with E-state index in [0.717, 1.165) is 46.3 Å². The van der Waals surface area contributed by atoms with Gasteiger partial charge in [-0.15, -0.1) is 10.2 Å². The minimum Gasteiger partial charge on any atom is -0.325 e. The molecule has 0 unspecified atom stereocenters. The first kappa shape index (κ1) is 23.6. The van der Waals surface area contributed by atoms with Gasteiger partial charge in [-0.1, -0.05) is 47.7 Å². The monoisotopic (exact) mass is 486 g/mol. The molecule has 2 heterocycles. The predicted octanol–water partition coefficient (Wildman–Crippen LogP) is 4.94. The van der Waals surface area contributed by atoms with E-state index in [1.165, 1.54) is 12.1 Å². The van der Waals surface area contributed by atoms with Gasteiger partial charge in [0.15, 0.2) is 11.0 Å². The van der Waals surface area contributed by atoms with E-state index in [1.807, 2.05) is 44.4 Å². The lowest BCUT2D eigenvalue weighted by Gasteiger charge is -2.09. The summed E-state index contributed by atoms with van der Waals surface area (Å²) in [6, 6.07) is 12.5. The lowest BCUT2D eigenvalue weighted by molar-refractivity contribution is -0.137. The highest BCUT2D eigenvalue weighted by atomic mass is 32.2. The number of amides is 1. The zero-order valence-corrected chi connectivity index (χ0v) is 19.4. The Morgan fingerprint density at radius 1 is 1.09 bits per heavy atom. The molecule has 34 heavy (non-hydrogen) atoms. The minimum atomic E-state index is -4.48. The quantitative estimate of drug-likeness (QED) is 0.391. The maximum atomic E-state index is 12.9.